The molecule has 2 aromatic carbocycles. The SMILES string of the molecule is COC(=O)c1ccc2c(c1)C(=O)/C(=C/c1ccccc1OC)O2. The van der Waals surface area contributed by atoms with Gasteiger partial charge in [-0.2, -0.15) is 0 Å². The molecule has 3 rings (SSSR count). The molecule has 23 heavy (non-hydrogen) atoms. The molecule has 0 aromatic heterocycles. The molecule has 0 saturated carbocycles. The Labute approximate surface area is 133 Å². The minimum atomic E-state index is -0.497. The predicted molar refractivity (Wildman–Crippen MR) is 83.7 cm³/mol. The third-order valence-electron chi connectivity index (χ3n) is 3.51. The van der Waals surface area contributed by atoms with Crippen molar-refractivity contribution < 1.29 is 23.8 Å². The quantitative estimate of drug-likeness (QED) is 0.644. The van der Waals surface area contributed by atoms with Crippen molar-refractivity contribution in [2.75, 3.05) is 14.2 Å². The Balaban J connectivity index is 1.98. The van der Waals surface area contributed by atoms with Gasteiger partial charge in [0, 0.05) is 5.56 Å². The Morgan fingerprint density at radius 2 is 1.91 bits per heavy atom. The molecular formula is C18H14O5. The van der Waals surface area contributed by atoms with Crippen molar-refractivity contribution in [2.45, 2.75) is 0 Å². The van der Waals surface area contributed by atoms with E-state index in [1.165, 1.54) is 13.2 Å². The molecule has 1 aliphatic rings. The maximum atomic E-state index is 12.5. The van der Waals surface area contributed by atoms with Crippen LogP contribution in [0.25, 0.3) is 6.08 Å². The van der Waals surface area contributed by atoms with Gasteiger partial charge < -0.3 is 14.2 Å². The van der Waals surface area contributed by atoms with Crippen molar-refractivity contribution in [1.29, 1.82) is 0 Å². The average molecular weight is 310 g/mol. The lowest BCUT2D eigenvalue weighted by Crippen LogP contribution is -2.03. The van der Waals surface area contributed by atoms with Crippen molar-refractivity contribution in [1.82, 2.24) is 0 Å². The summed E-state index contributed by atoms with van der Waals surface area (Å²) in [4.78, 5) is 24.0. The van der Waals surface area contributed by atoms with E-state index < -0.39 is 5.97 Å². The zero-order valence-corrected chi connectivity index (χ0v) is 12.7. The van der Waals surface area contributed by atoms with Gasteiger partial charge >= 0.3 is 5.97 Å². The number of allylic oxidation sites excluding steroid dienone is 1. The normalized spacial score (nSPS) is 14.3. The lowest BCUT2D eigenvalue weighted by atomic mass is 10.1. The molecule has 5 nitrogen and oxygen atoms in total. The molecular weight excluding hydrogens is 296 g/mol. The van der Waals surface area contributed by atoms with Gasteiger partial charge in [-0.25, -0.2) is 4.79 Å². The van der Waals surface area contributed by atoms with Crippen LogP contribution in [0.5, 0.6) is 11.5 Å². The van der Waals surface area contributed by atoms with Gasteiger partial charge in [0.1, 0.15) is 11.5 Å². The number of carbonyl (C=O) groups excluding carboxylic acids is 2. The van der Waals surface area contributed by atoms with Gasteiger partial charge in [0.15, 0.2) is 5.76 Å². The maximum Gasteiger partial charge on any atom is 0.337 e. The average Bonchev–Trinajstić information content (AvgIpc) is 2.90. The Morgan fingerprint density at radius 1 is 1.13 bits per heavy atom. The van der Waals surface area contributed by atoms with Crippen molar-refractivity contribution >= 4 is 17.8 Å². The number of Topliss-reactive ketones (excluding diaryl/α,β-unsaturated/α-hetero) is 1. The molecule has 0 atom stereocenters. The van der Waals surface area contributed by atoms with E-state index in [0.717, 1.165) is 5.56 Å². The summed E-state index contributed by atoms with van der Waals surface area (Å²) in [5.74, 6) is 0.470. The van der Waals surface area contributed by atoms with Crippen LogP contribution in [0.4, 0.5) is 0 Å². The molecule has 116 valence electrons. The van der Waals surface area contributed by atoms with E-state index in [-0.39, 0.29) is 11.5 Å². The second kappa shape index (κ2) is 5.96. The summed E-state index contributed by atoms with van der Waals surface area (Å²) in [6.07, 6.45) is 1.62. The summed E-state index contributed by atoms with van der Waals surface area (Å²) in [6, 6.07) is 11.9. The minimum Gasteiger partial charge on any atom is -0.496 e. The van der Waals surface area contributed by atoms with E-state index in [0.29, 0.717) is 22.6 Å². The number of esters is 1. The Kier molecular flexibility index (Phi) is 3.85. The highest BCUT2D eigenvalue weighted by molar-refractivity contribution is 6.15. The zero-order chi connectivity index (χ0) is 16.4. The summed E-state index contributed by atoms with van der Waals surface area (Å²) in [6.45, 7) is 0. The lowest BCUT2D eigenvalue weighted by molar-refractivity contribution is 0.0600. The number of rotatable bonds is 3. The first-order chi connectivity index (χ1) is 11.1. The molecule has 0 fully saturated rings. The van der Waals surface area contributed by atoms with Crippen LogP contribution in [0.1, 0.15) is 26.3 Å². The van der Waals surface area contributed by atoms with Crippen LogP contribution in [-0.4, -0.2) is 26.0 Å². The molecule has 0 amide bonds. The van der Waals surface area contributed by atoms with Gasteiger partial charge in [0.2, 0.25) is 5.78 Å². The maximum absolute atomic E-state index is 12.5. The lowest BCUT2D eigenvalue weighted by Gasteiger charge is -2.04. The number of fused-ring (bicyclic) bond motifs is 1. The fourth-order valence-corrected chi connectivity index (χ4v) is 2.36. The fourth-order valence-electron chi connectivity index (χ4n) is 2.36. The Hall–Kier alpha value is -3.08. The second-order valence-corrected chi connectivity index (χ2v) is 4.88. The van der Waals surface area contributed by atoms with Crippen molar-refractivity contribution in [2.24, 2.45) is 0 Å². The number of hydrogen-bond acceptors (Lipinski definition) is 5. The second-order valence-electron chi connectivity index (χ2n) is 4.88. The Morgan fingerprint density at radius 3 is 2.65 bits per heavy atom. The van der Waals surface area contributed by atoms with Crippen LogP contribution in [0.15, 0.2) is 48.2 Å². The molecule has 0 unspecified atom stereocenters. The van der Waals surface area contributed by atoms with Crippen molar-refractivity contribution in [3.8, 4) is 11.5 Å². The number of hydrogen-bond donors (Lipinski definition) is 0. The summed E-state index contributed by atoms with van der Waals surface area (Å²) in [5, 5.41) is 0. The van der Waals surface area contributed by atoms with Crippen LogP contribution in [-0.2, 0) is 4.74 Å². The molecule has 0 saturated heterocycles. The van der Waals surface area contributed by atoms with Crippen LogP contribution < -0.4 is 9.47 Å². The van der Waals surface area contributed by atoms with Crippen molar-refractivity contribution in [3.63, 3.8) is 0 Å². The molecule has 0 N–H and O–H groups in total. The van der Waals surface area contributed by atoms with Gasteiger partial charge in [-0.3, -0.25) is 4.79 Å². The highest BCUT2D eigenvalue weighted by Gasteiger charge is 2.28. The highest BCUT2D eigenvalue weighted by atomic mass is 16.5. The summed E-state index contributed by atoms with van der Waals surface area (Å²) in [7, 11) is 2.85. The minimum absolute atomic E-state index is 0.187. The number of benzene rings is 2. The number of para-hydroxylation sites is 1. The number of ketones is 1. The van der Waals surface area contributed by atoms with Gasteiger partial charge in [-0.1, -0.05) is 18.2 Å². The van der Waals surface area contributed by atoms with E-state index in [2.05, 4.69) is 4.74 Å². The molecule has 0 spiro atoms. The first-order valence-electron chi connectivity index (χ1n) is 6.93. The summed E-state index contributed by atoms with van der Waals surface area (Å²) >= 11 is 0. The molecule has 0 aliphatic carbocycles. The smallest absolute Gasteiger partial charge is 0.337 e. The molecule has 0 radical (unpaired) electrons. The third kappa shape index (κ3) is 2.68. The topological polar surface area (TPSA) is 61.8 Å². The van der Waals surface area contributed by atoms with E-state index >= 15 is 0 Å². The molecule has 0 bridgehead atoms. The van der Waals surface area contributed by atoms with Crippen LogP contribution >= 0.6 is 0 Å². The molecule has 1 heterocycles. The molecule has 2 aromatic rings. The third-order valence-corrected chi connectivity index (χ3v) is 3.51. The monoisotopic (exact) mass is 310 g/mol. The first kappa shape index (κ1) is 14.8. The molecule has 1 aliphatic heterocycles. The van der Waals surface area contributed by atoms with Gasteiger partial charge in [-0.15, -0.1) is 0 Å². The summed E-state index contributed by atoms with van der Waals surface area (Å²) in [5.41, 5.74) is 1.38. The largest absolute Gasteiger partial charge is 0.496 e. The standard InChI is InChI=1S/C18H14O5/c1-21-14-6-4-3-5-11(14)10-16-17(19)13-9-12(18(20)22-2)7-8-15(13)23-16/h3-10H,1-2H3/b16-10-. The highest BCUT2D eigenvalue weighted by Crippen LogP contribution is 2.33. The van der Waals surface area contributed by atoms with E-state index in [1.54, 1.807) is 31.4 Å². The number of carbonyl (C=O) groups is 2. The van der Waals surface area contributed by atoms with Crippen LogP contribution in [0.2, 0.25) is 0 Å². The van der Waals surface area contributed by atoms with Gasteiger partial charge in [0.05, 0.1) is 25.3 Å². The first-order valence-corrected chi connectivity index (χ1v) is 6.93. The summed E-state index contributed by atoms with van der Waals surface area (Å²) < 4.78 is 15.5. The van der Waals surface area contributed by atoms with E-state index in [1.807, 2.05) is 18.2 Å². The zero-order valence-electron chi connectivity index (χ0n) is 12.7. The van der Waals surface area contributed by atoms with Gasteiger partial charge in [-0.05, 0) is 30.3 Å². The van der Waals surface area contributed by atoms with Crippen LogP contribution in [0.3, 0.4) is 0 Å². The number of methoxy groups -OCH3 is 2. The Bertz CT molecular complexity index is 820. The van der Waals surface area contributed by atoms with Gasteiger partial charge in [0.25, 0.3) is 0 Å². The van der Waals surface area contributed by atoms with E-state index in [9.17, 15) is 9.59 Å². The number of ether oxygens (including phenoxy) is 3. The molecule has 5 heteroatoms. The van der Waals surface area contributed by atoms with E-state index in [4.69, 9.17) is 9.47 Å². The van der Waals surface area contributed by atoms with Crippen molar-refractivity contribution in [3.05, 3.63) is 64.9 Å². The predicted octanol–water partition coefficient (Wildman–Crippen LogP) is 3.10. The van der Waals surface area contributed by atoms with Crippen LogP contribution in [0, 0.1) is 0 Å². The fraction of sp³-hybridized carbons (Fsp3) is 0.111.